The molecule has 78 valence electrons. The fraction of sp³-hybridized carbons (Fsp3) is 1.00. The van der Waals surface area contributed by atoms with Crippen LogP contribution in [-0.2, 0) is 0 Å². The third-order valence-electron chi connectivity index (χ3n) is 2.59. The van der Waals surface area contributed by atoms with E-state index in [1.807, 2.05) is 0 Å². The standard InChI is InChI=1S/C7H15NO5/c8-3-2(1-9)4(10)6(12)7(13)5(3)11/h2-7,9-13H,1,8H2/t2-,3+,4+,5-,6-,7+/m0/s1. The minimum atomic E-state index is -1.47. The largest absolute Gasteiger partial charge is 0.396 e. The summed E-state index contributed by atoms with van der Waals surface area (Å²) in [5, 5.41) is 45.8. The predicted octanol–water partition coefficient (Wildman–Crippen LogP) is -3.62. The summed E-state index contributed by atoms with van der Waals surface area (Å²) < 4.78 is 0. The monoisotopic (exact) mass is 193 g/mol. The van der Waals surface area contributed by atoms with Gasteiger partial charge in [-0.05, 0) is 0 Å². The maximum absolute atomic E-state index is 9.33. The molecule has 0 aromatic carbocycles. The molecule has 6 heteroatoms. The van der Waals surface area contributed by atoms with Crippen molar-refractivity contribution in [2.45, 2.75) is 30.5 Å². The van der Waals surface area contributed by atoms with E-state index in [1.165, 1.54) is 0 Å². The first kappa shape index (κ1) is 10.8. The average molecular weight is 193 g/mol. The molecule has 0 bridgehead atoms. The summed E-state index contributed by atoms with van der Waals surface area (Å²) in [5.41, 5.74) is 5.43. The molecule has 0 aromatic rings. The molecule has 13 heavy (non-hydrogen) atoms. The maximum Gasteiger partial charge on any atom is 0.110 e. The van der Waals surface area contributed by atoms with E-state index in [2.05, 4.69) is 0 Å². The van der Waals surface area contributed by atoms with Crippen molar-refractivity contribution in [2.75, 3.05) is 6.61 Å². The summed E-state index contributed by atoms with van der Waals surface area (Å²) in [6, 6.07) is -0.932. The Hall–Kier alpha value is -0.240. The van der Waals surface area contributed by atoms with E-state index in [-0.39, 0.29) is 0 Å². The van der Waals surface area contributed by atoms with Crippen LogP contribution >= 0.6 is 0 Å². The van der Waals surface area contributed by atoms with Gasteiger partial charge in [0.25, 0.3) is 0 Å². The zero-order valence-corrected chi connectivity index (χ0v) is 6.98. The summed E-state index contributed by atoms with van der Waals surface area (Å²) in [6.45, 7) is -0.441. The van der Waals surface area contributed by atoms with Crippen LogP contribution in [0.1, 0.15) is 0 Å². The fourth-order valence-electron chi connectivity index (χ4n) is 1.60. The molecule has 6 atom stereocenters. The lowest BCUT2D eigenvalue weighted by Gasteiger charge is -2.41. The molecule has 0 unspecified atom stereocenters. The first-order valence-corrected chi connectivity index (χ1v) is 4.09. The van der Waals surface area contributed by atoms with E-state index in [9.17, 15) is 20.4 Å². The Morgan fingerprint density at radius 2 is 1.31 bits per heavy atom. The van der Waals surface area contributed by atoms with Crippen LogP contribution in [0.4, 0.5) is 0 Å². The van der Waals surface area contributed by atoms with Crippen LogP contribution in [0.15, 0.2) is 0 Å². The topological polar surface area (TPSA) is 127 Å². The van der Waals surface area contributed by atoms with Gasteiger partial charge in [0.15, 0.2) is 0 Å². The molecule has 1 aliphatic carbocycles. The van der Waals surface area contributed by atoms with Crippen molar-refractivity contribution >= 4 is 0 Å². The average Bonchev–Trinajstić information content (AvgIpc) is 2.13. The van der Waals surface area contributed by atoms with Crippen LogP contribution in [0.2, 0.25) is 0 Å². The van der Waals surface area contributed by atoms with Gasteiger partial charge in [0.2, 0.25) is 0 Å². The molecule has 0 spiro atoms. The zero-order chi connectivity index (χ0) is 10.2. The van der Waals surface area contributed by atoms with E-state index < -0.39 is 43.0 Å². The maximum atomic E-state index is 9.33. The first-order chi connectivity index (χ1) is 6.00. The van der Waals surface area contributed by atoms with Crippen molar-refractivity contribution in [3.8, 4) is 0 Å². The summed E-state index contributed by atoms with van der Waals surface area (Å²) >= 11 is 0. The van der Waals surface area contributed by atoms with Gasteiger partial charge in [-0.3, -0.25) is 0 Å². The number of aliphatic hydroxyl groups is 5. The Kier molecular flexibility index (Phi) is 3.23. The number of rotatable bonds is 1. The second-order valence-electron chi connectivity index (χ2n) is 3.39. The highest BCUT2D eigenvalue weighted by atomic mass is 16.4. The van der Waals surface area contributed by atoms with Gasteiger partial charge in [0, 0.05) is 12.0 Å². The lowest BCUT2D eigenvalue weighted by molar-refractivity contribution is -0.171. The third-order valence-corrected chi connectivity index (χ3v) is 2.59. The van der Waals surface area contributed by atoms with Gasteiger partial charge in [-0.15, -0.1) is 0 Å². The molecule has 7 N–H and O–H groups in total. The molecule has 1 rings (SSSR count). The van der Waals surface area contributed by atoms with Crippen molar-refractivity contribution in [2.24, 2.45) is 11.7 Å². The van der Waals surface area contributed by atoms with E-state index in [0.29, 0.717) is 0 Å². The second kappa shape index (κ2) is 3.87. The number of aliphatic hydroxyl groups excluding tert-OH is 5. The van der Waals surface area contributed by atoms with Gasteiger partial charge >= 0.3 is 0 Å². The van der Waals surface area contributed by atoms with Gasteiger partial charge in [-0.2, -0.15) is 0 Å². The highest BCUT2D eigenvalue weighted by molar-refractivity contribution is 4.99. The quantitative estimate of drug-likeness (QED) is 0.255. The number of nitrogens with two attached hydrogens (primary N) is 1. The van der Waals surface area contributed by atoms with Crippen LogP contribution in [0.3, 0.4) is 0 Å². The lowest BCUT2D eigenvalue weighted by Crippen LogP contribution is -2.64. The van der Waals surface area contributed by atoms with Crippen molar-refractivity contribution < 1.29 is 25.5 Å². The SMILES string of the molecule is N[C@H]1[C@H](O)[C@@H](O)[C@@H](O)[C@H](O)[C@H]1CO. The third kappa shape index (κ3) is 1.69. The first-order valence-electron chi connectivity index (χ1n) is 4.09. The molecule has 1 fully saturated rings. The molecule has 0 aliphatic heterocycles. The van der Waals surface area contributed by atoms with Crippen molar-refractivity contribution in [3.63, 3.8) is 0 Å². The van der Waals surface area contributed by atoms with Crippen LogP contribution in [0.25, 0.3) is 0 Å². The summed E-state index contributed by atoms with van der Waals surface area (Å²) in [5.74, 6) is -0.812. The fourth-order valence-corrected chi connectivity index (χ4v) is 1.60. The number of hydrogen-bond acceptors (Lipinski definition) is 6. The molecular formula is C7H15NO5. The smallest absolute Gasteiger partial charge is 0.110 e. The van der Waals surface area contributed by atoms with Gasteiger partial charge in [0.1, 0.15) is 12.2 Å². The molecule has 1 saturated carbocycles. The Morgan fingerprint density at radius 1 is 0.846 bits per heavy atom. The van der Waals surface area contributed by atoms with Gasteiger partial charge in [0.05, 0.1) is 18.8 Å². The van der Waals surface area contributed by atoms with Crippen molar-refractivity contribution in [1.29, 1.82) is 0 Å². The summed E-state index contributed by atoms with van der Waals surface area (Å²) in [7, 11) is 0. The Bertz CT molecular complexity index is 162. The Labute approximate surface area is 75.2 Å². The highest BCUT2D eigenvalue weighted by Gasteiger charge is 2.46. The lowest BCUT2D eigenvalue weighted by atomic mass is 9.78. The van der Waals surface area contributed by atoms with Crippen LogP contribution in [0, 0.1) is 5.92 Å². The van der Waals surface area contributed by atoms with Crippen LogP contribution < -0.4 is 5.73 Å². The van der Waals surface area contributed by atoms with Crippen LogP contribution in [0.5, 0.6) is 0 Å². The predicted molar refractivity (Wildman–Crippen MR) is 42.6 cm³/mol. The molecule has 0 radical (unpaired) electrons. The van der Waals surface area contributed by atoms with Crippen molar-refractivity contribution in [1.82, 2.24) is 0 Å². The van der Waals surface area contributed by atoms with E-state index in [4.69, 9.17) is 10.8 Å². The van der Waals surface area contributed by atoms with Gasteiger partial charge < -0.3 is 31.3 Å². The van der Waals surface area contributed by atoms with Gasteiger partial charge in [-0.25, -0.2) is 0 Å². The minimum absolute atomic E-state index is 0.441. The molecule has 6 nitrogen and oxygen atoms in total. The molecule has 1 aliphatic rings. The Balaban J connectivity index is 2.79. The van der Waals surface area contributed by atoms with E-state index in [1.54, 1.807) is 0 Å². The molecule has 0 heterocycles. The van der Waals surface area contributed by atoms with Gasteiger partial charge in [-0.1, -0.05) is 0 Å². The summed E-state index contributed by atoms with van der Waals surface area (Å²) in [6.07, 6.45) is -5.56. The number of hydrogen-bond donors (Lipinski definition) is 6. The van der Waals surface area contributed by atoms with E-state index >= 15 is 0 Å². The van der Waals surface area contributed by atoms with E-state index in [0.717, 1.165) is 0 Å². The zero-order valence-electron chi connectivity index (χ0n) is 6.98. The molecular weight excluding hydrogens is 178 g/mol. The van der Waals surface area contributed by atoms with Crippen molar-refractivity contribution in [3.05, 3.63) is 0 Å². The minimum Gasteiger partial charge on any atom is -0.396 e. The molecule has 0 saturated heterocycles. The molecule has 0 aromatic heterocycles. The highest BCUT2D eigenvalue weighted by Crippen LogP contribution is 2.24. The Morgan fingerprint density at radius 3 is 1.77 bits per heavy atom. The normalized spacial score (nSPS) is 52.2. The summed E-state index contributed by atoms with van der Waals surface area (Å²) in [4.78, 5) is 0. The van der Waals surface area contributed by atoms with Crippen LogP contribution in [-0.4, -0.2) is 62.6 Å². The second-order valence-corrected chi connectivity index (χ2v) is 3.39. The molecule has 0 amide bonds.